The van der Waals surface area contributed by atoms with E-state index in [2.05, 4.69) is 0 Å². The molecule has 2 atom stereocenters. The second-order valence-electron chi connectivity index (χ2n) is 3.67. The second kappa shape index (κ2) is 2.91. The minimum absolute atomic E-state index is 0.933. The van der Waals surface area contributed by atoms with Crippen LogP contribution in [0, 0.1) is 11.8 Å². The van der Waals surface area contributed by atoms with E-state index in [1.54, 1.807) is 0 Å². The lowest BCUT2D eigenvalue weighted by Gasteiger charge is -2.35. The van der Waals surface area contributed by atoms with Gasteiger partial charge in [-0.05, 0) is 24.7 Å². The van der Waals surface area contributed by atoms with Crippen LogP contribution in [0.2, 0.25) is 0 Å². The van der Waals surface area contributed by atoms with Crippen molar-refractivity contribution in [3.63, 3.8) is 0 Å². The molecule has 0 aromatic heterocycles. The predicted molar refractivity (Wildman–Crippen MR) is 40.9 cm³/mol. The zero-order valence-corrected chi connectivity index (χ0v) is 6.51. The van der Waals surface area contributed by atoms with Crippen LogP contribution >= 0.6 is 0 Å². The average molecular weight is 140 g/mol. The average Bonchev–Trinajstić information content (AvgIpc) is 2.05. The van der Waals surface area contributed by atoms with Gasteiger partial charge in [0.2, 0.25) is 0 Å². The lowest BCUT2D eigenvalue weighted by atomic mass is 9.77. The maximum Gasteiger partial charge on any atom is 0.0496 e. The molecule has 10 heavy (non-hydrogen) atoms. The summed E-state index contributed by atoms with van der Waals surface area (Å²) in [5.74, 6) is 1.96. The Kier molecular flexibility index (Phi) is 1.94. The minimum atomic E-state index is 0.933. The van der Waals surface area contributed by atoms with Crippen molar-refractivity contribution in [3.05, 3.63) is 0 Å². The van der Waals surface area contributed by atoms with Gasteiger partial charge in [-0.2, -0.15) is 0 Å². The van der Waals surface area contributed by atoms with Crippen molar-refractivity contribution < 1.29 is 4.74 Å². The summed E-state index contributed by atoms with van der Waals surface area (Å²) in [5.41, 5.74) is 0. The number of rotatable bonds is 0. The van der Waals surface area contributed by atoms with E-state index in [4.69, 9.17) is 4.74 Å². The Morgan fingerprint density at radius 1 is 0.900 bits per heavy atom. The van der Waals surface area contributed by atoms with E-state index in [0.717, 1.165) is 25.0 Å². The molecule has 1 heterocycles. The molecule has 1 saturated heterocycles. The molecular formula is C9H16O. The molecule has 0 spiro atoms. The van der Waals surface area contributed by atoms with Crippen LogP contribution in [0.3, 0.4) is 0 Å². The first-order valence-electron chi connectivity index (χ1n) is 4.54. The molecule has 1 aliphatic heterocycles. The number of fused-ring (bicyclic) bond motifs is 1. The van der Waals surface area contributed by atoms with Crippen molar-refractivity contribution in [2.24, 2.45) is 11.8 Å². The van der Waals surface area contributed by atoms with Crippen molar-refractivity contribution in [2.45, 2.75) is 32.1 Å². The number of ether oxygens (including phenoxy) is 1. The first-order valence-corrected chi connectivity index (χ1v) is 4.54. The third-order valence-electron chi connectivity index (χ3n) is 3.03. The van der Waals surface area contributed by atoms with E-state index in [-0.39, 0.29) is 0 Å². The molecule has 58 valence electrons. The van der Waals surface area contributed by atoms with Gasteiger partial charge < -0.3 is 4.74 Å². The first kappa shape index (κ1) is 6.66. The van der Waals surface area contributed by atoms with Crippen LogP contribution in [0.5, 0.6) is 0 Å². The second-order valence-corrected chi connectivity index (χ2v) is 3.67. The topological polar surface area (TPSA) is 9.23 Å². The highest BCUT2D eigenvalue weighted by Crippen LogP contribution is 2.34. The molecule has 0 radical (unpaired) electrons. The number of hydrogen-bond donors (Lipinski definition) is 0. The van der Waals surface area contributed by atoms with Crippen LogP contribution < -0.4 is 0 Å². The zero-order chi connectivity index (χ0) is 6.81. The summed E-state index contributed by atoms with van der Waals surface area (Å²) >= 11 is 0. The lowest BCUT2D eigenvalue weighted by Crippen LogP contribution is -2.29. The van der Waals surface area contributed by atoms with Gasteiger partial charge >= 0.3 is 0 Å². The van der Waals surface area contributed by atoms with Gasteiger partial charge in [0.25, 0.3) is 0 Å². The van der Waals surface area contributed by atoms with Gasteiger partial charge in [-0.15, -0.1) is 0 Å². The molecule has 0 bridgehead atoms. The summed E-state index contributed by atoms with van der Waals surface area (Å²) in [6, 6.07) is 0. The largest absolute Gasteiger partial charge is 0.381 e. The summed E-state index contributed by atoms with van der Waals surface area (Å²) in [6.07, 6.45) is 7.18. The molecule has 1 nitrogen and oxygen atoms in total. The summed E-state index contributed by atoms with van der Waals surface area (Å²) in [6.45, 7) is 2.09. The van der Waals surface area contributed by atoms with E-state index in [1.165, 1.54) is 32.1 Å². The van der Waals surface area contributed by atoms with Crippen molar-refractivity contribution in [1.29, 1.82) is 0 Å². The molecule has 0 aromatic carbocycles. The molecule has 2 fully saturated rings. The summed E-state index contributed by atoms with van der Waals surface area (Å²) < 4.78 is 5.44. The SMILES string of the molecule is C1CC[C@H]2COCC[C@@H]2C1. The summed E-state index contributed by atoms with van der Waals surface area (Å²) in [4.78, 5) is 0. The Bertz CT molecular complexity index is 85.3. The highest BCUT2D eigenvalue weighted by Gasteiger charge is 2.27. The Balaban J connectivity index is 1.93. The van der Waals surface area contributed by atoms with Gasteiger partial charge in [0, 0.05) is 13.2 Å². The van der Waals surface area contributed by atoms with Crippen molar-refractivity contribution in [3.8, 4) is 0 Å². The van der Waals surface area contributed by atoms with Crippen LogP contribution in [0.15, 0.2) is 0 Å². The zero-order valence-electron chi connectivity index (χ0n) is 6.51. The predicted octanol–water partition coefficient (Wildman–Crippen LogP) is 2.21. The fraction of sp³-hybridized carbons (Fsp3) is 1.00. The highest BCUT2D eigenvalue weighted by atomic mass is 16.5. The quantitative estimate of drug-likeness (QED) is 0.501. The molecule has 2 rings (SSSR count). The standard InChI is InChI=1S/C9H16O/c1-2-4-9-7-10-6-5-8(9)3-1/h8-9H,1-7H2/t8-,9-/m0/s1. The third-order valence-corrected chi connectivity index (χ3v) is 3.03. The fourth-order valence-electron chi connectivity index (χ4n) is 2.35. The van der Waals surface area contributed by atoms with E-state index in [1.807, 2.05) is 0 Å². The van der Waals surface area contributed by atoms with Gasteiger partial charge in [0.15, 0.2) is 0 Å². The minimum Gasteiger partial charge on any atom is -0.381 e. The fourth-order valence-corrected chi connectivity index (χ4v) is 2.35. The summed E-state index contributed by atoms with van der Waals surface area (Å²) in [7, 11) is 0. The van der Waals surface area contributed by atoms with Gasteiger partial charge in [-0.3, -0.25) is 0 Å². The van der Waals surface area contributed by atoms with Gasteiger partial charge in [-0.25, -0.2) is 0 Å². The molecule has 0 N–H and O–H groups in total. The molecule has 0 aromatic rings. The van der Waals surface area contributed by atoms with E-state index in [0.29, 0.717) is 0 Å². The Labute approximate surface area is 62.8 Å². The Hall–Kier alpha value is -0.0400. The van der Waals surface area contributed by atoms with Crippen LogP contribution in [-0.4, -0.2) is 13.2 Å². The molecular weight excluding hydrogens is 124 g/mol. The van der Waals surface area contributed by atoms with E-state index >= 15 is 0 Å². The van der Waals surface area contributed by atoms with Crippen molar-refractivity contribution in [1.82, 2.24) is 0 Å². The van der Waals surface area contributed by atoms with E-state index in [9.17, 15) is 0 Å². The lowest BCUT2D eigenvalue weighted by molar-refractivity contribution is -0.00145. The van der Waals surface area contributed by atoms with Gasteiger partial charge in [-0.1, -0.05) is 19.3 Å². The van der Waals surface area contributed by atoms with Crippen LogP contribution in [0.25, 0.3) is 0 Å². The monoisotopic (exact) mass is 140 g/mol. The molecule has 0 amide bonds. The van der Waals surface area contributed by atoms with Crippen LogP contribution in [-0.2, 0) is 4.74 Å². The van der Waals surface area contributed by atoms with Crippen molar-refractivity contribution >= 4 is 0 Å². The van der Waals surface area contributed by atoms with Gasteiger partial charge in [0.05, 0.1) is 0 Å². The van der Waals surface area contributed by atoms with Crippen LogP contribution in [0.4, 0.5) is 0 Å². The molecule has 1 aliphatic carbocycles. The molecule has 2 aliphatic rings. The third kappa shape index (κ3) is 1.20. The number of hydrogen-bond acceptors (Lipinski definition) is 1. The normalized spacial score (nSPS) is 40.8. The van der Waals surface area contributed by atoms with E-state index < -0.39 is 0 Å². The molecule has 1 heteroatoms. The molecule has 0 unspecified atom stereocenters. The first-order chi connectivity index (χ1) is 4.97. The van der Waals surface area contributed by atoms with Crippen LogP contribution in [0.1, 0.15) is 32.1 Å². The smallest absolute Gasteiger partial charge is 0.0496 e. The summed E-state index contributed by atoms with van der Waals surface area (Å²) in [5, 5.41) is 0. The Morgan fingerprint density at radius 2 is 1.70 bits per heavy atom. The highest BCUT2D eigenvalue weighted by molar-refractivity contribution is 4.77. The van der Waals surface area contributed by atoms with Crippen molar-refractivity contribution in [2.75, 3.05) is 13.2 Å². The van der Waals surface area contributed by atoms with Gasteiger partial charge in [0.1, 0.15) is 0 Å². The maximum absolute atomic E-state index is 5.44. The Morgan fingerprint density at radius 3 is 2.50 bits per heavy atom. The molecule has 1 saturated carbocycles. The maximum atomic E-state index is 5.44.